The number of aryl methyl sites for hydroxylation is 1. The first-order valence-electron chi connectivity index (χ1n) is 6.46. The highest BCUT2D eigenvalue weighted by atomic mass is 19.1. The van der Waals surface area contributed by atoms with Crippen molar-refractivity contribution in [3.63, 3.8) is 0 Å². The van der Waals surface area contributed by atoms with Crippen LogP contribution in [0.1, 0.15) is 29.7 Å². The zero-order valence-electron chi connectivity index (χ0n) is 11.5. The molecule has 0 aliphatic rings. The molecule has 0 aliphatic heterocycles. The molecule has 4 heteroatoms. The maximum atomic E-state index is 13.8. The molecule has 0 amide bonds. The molecule has 106 valence electrons. The predicted octanol–water partition coefficient (Wildman–Crippen LogP) is 3.72. The molecule has 0 radical (unpaired) electrons. The van der Waals surface area contributed by atoms with Crippen LogP contribution in [-0.2, 0) is 0 Å². The lowest BCUT2D eigenvalue weighted by Crippen LogP contribution is -2.14. The first-order chi connectivity index (χ1) is 9.52. The van der Waals surface area contributed by atoms with E-state index in [4.69, 9.17) is 10.5 Å². The summed E-state index contributed by atoms with van der Waals surface area (Å²) >= 11 is 0. The summed E-state index contributed by atoms with van der Waals surface area (Å²) in [6, 6.07) is 8.83. The first kappa shape index (κ1) is 14.5. The van der Waals surface area contributed by atoms with Crippen LogP contribution in [0.2, 0.25) is 0 Å². The largest absolute Gasteiger partial charge is 0.494 e. The van der Waals surface area contributed by atoms with Gasteiger partial charge in [0.15, 0.2) is 0 Å². The van der Waals surface area contributed by atoms with Crippen molar-refractivity contribution < 1.29 is 13.5 Å². The summed E-state index contributed by atoms with van der Waals surface area (Å²) in [4.78, 5) is 0. The highest BCUT2D eigenvalue weighted by molar-refractivity contribution is 5.37. The van der Waals surface area contributed by atoms with Crippen LogP contribution >= 0.6 is 0 Å². The van der Waals surface area contributed by atoms with Crippen LogP contribution in [0.5, 0.6) is 5.75 Å². The fraction of sp³-hybridized carbons (Fsp3) is 0.250. The van der Waals surface area contributed by atoms with Crippen molar-refractivity contribution in [2.24, 2.45) is 5.73 Å². The summed E-state index contributed by atoms with van der Waals surface area (Å²) in [5, 5.41) is 0. The van der Waals surface area contributed by atoms with Gasteiger partial charge in [-0.2, -0.15) is 0 Å². The summed E-state index contributed by atoms with van der Waals surface area (Å²) in [5.41, 5.74) is 7.47. The minimum atomic E-state index is -0.634. The van der Waals surface area contributed by atoms with Gasteiger partial charge in [0.1, 0.15) is 17.4 Å². The van der Waals surface area contributed by atoms with Gasteiger partial charge in [0.25, 0.3) is 0 Å². The van der Waals surface area contributed by atoms with Gasteiger partial charge in [-0.3, -0.25) is 0 Å². The standard InChI is InChI=1S/C16H17F2NO/c1-3-20-12-6-4-11(5-7-12)16(19)13-8-10(2)14(17)9-15(13)18/h4-9,16H,3,19H2,1-2H3. The molecule has 0 fully saturated rings. The van der Waals surface area contributed by atoms with Gasteiger partial charge in [-0.25, -0.2) is 8.78 Å². The molecule has 0 aromatic heterocycles. The Labute approximate surface area is 117 Å². The Kier molecular flexibility index (Phi) is 4.35. The van der Waals surface area contributed by atoms with Crippen molar-refractivity contribution in [3.8, 4) is 5.75 Å². The number of nitrogens with two attached hydrogens (primary N) is 1. The second kappa shape index (κ2) is 6.01. The Morgan fingerprint density at radius 1 is 1.10 bits per heavy atom. The van der Waals surface area contributed by atoms with Gasteiger partial charge in [-0.1, -0.05) is 12.1 Å². The van der Waals surface area contributed by atoms with Crippen LogP contribution < -0.4 is 10.5 Å². The van der Waals surface area contributed by atoms with E-state index in [1.54, 1.807) is 31.2 Å². The van der Waals surface area contributed by atoms with Crippen molar-refractivity contribution in [3.05, 3.63) is 64.7 Å². The Balaban J connectivity index is 2.31. The first-order valence-corrected chi connectivity index (χ1v) is 6.46. The molecule has 0 heterocycles. The number of halogens is 2. The summed E-state index contributed by atoms with van der Waals surface area (Å²) in [7, 11) is 0. The van der Waals surface area contributed by atoms with Crippen molar-refractivity contribution in [1.29, 1.82) is 0 Å². The normalized spacial score (nSPS) is 12.2. The van der Waals surface area contributed by atoms with E-state index in [2.05, 4.69) is 0 Å². The lowest BCUT2D eigenvalue weighted by molar-refractivity contribution is 0.340. The molecule has 0 aliphatic carbocycles. The molecule has 2 N–H and O–H groups in total. The van der Waals surface area contributed by atoms with Gasteiger partial charge in [0.05, 0.1) is 12.6 Å². The summed E-state index contributed by atoms with van der Waals surface area (Å²) in [6.07, 6.45) is 0. The monoisotopic (exact) mass is 277 g/mol. The molecule has 0 spiro atoms. The minimum absolute atomic E-state index is 0.285. The average molecular weight is 277 g/mol. The molecule has 1 atom stereocenters. The molecular formula is C16H17F2NO. The molecule has 20 heavy (non-hydrogen) atoms. The van der Waals surface area contributed by atoms with Crippen LogP contribution in [0.4, 0.5) is 8.78 Å². The fourth-order valence-electron chi connectivity index (χ4n) is 2.04. The van der Waals surface area contributed by atoms with E-state index in [0.717, 1.165) is 17.4 Å². The number of hydrogen-bond acceptors (Lipinski definition) is 2. The fourth-order valence-corrected chi connectivity index (χ4v) is 2.04. The van der Waals surface area contributed by atoms with Crippen LogP contribution in [-0.4, -0.2) is 6.61 Å². The lowest BCUT2D eigenvalue weighted by atomic mass is 9.97. The Morgan fingerprint density at radius 3 is 2.35 bits per heavy atom. The maximum Gasteiger partial charge on any atom is 0.131 e. The number of benzene rings is 2. The Morgan fingerprint density at radius 2 is 1.75 bits per heavy atom. The van der Waals surface area contributed by atoms with Crippen LogP contribution in [0.15, 0.2) is 36.4 Å². The third kappa shape index (κ3) is 2.96. The molecule has 0 bridgehead atoms. The Hall–Kier alpha value is -1.94. The van der Waals surface area contributed by atoms with Crippen molar-refractivity contribution in [1.82, 2.24) is 0 Å². The van der Waals surface area contributed by atoms with Crippen molar-refractivity contribution in [2.75, 3.05) is 6.61 Å². The summed E-state index contributed by atoms with van der Waals surface area (Å²) in [6.45, 7) is 4.07. The molecular weight excluding hydrogens is 260 g/mol. The lowest BCUT2D eigenvalue weighted by Gasteiger charge is -2.15. The van der Waals surface area contributed by atoms with Gasteiger partial charge in [0, 0.05) is 11.6 Å². The SMILES string of the molecule is CCOc1ccc(C(N)c2cc(C)c(F)cc2F)cc1. The third-order valence-electron chi connectivity index (χ3n) is 3.16. The third-order valence-corrected chi connectivity index (χ3v) is 3.16. The number of hydrogen-bond donors (Lipinski definition) is 1. The zero-order chi connectivity index (χ0) is 14.7. The van der Waals surface area contributed by atoms with Gasteiger partial charge in [-0.05, 0) is 43.2 Å². The second-order valence-electron chi connectivity index (χ2n) is 4.60. The van der Waals surface area contributed by atoms with Gasteiger partial charge >= 0.3 is 0 Å². The van der Waals surface area contributed by atoms with E-state index >= 15 is 0 Å². The highest BCUT2D eigenvalue weighted by Gasteiger charge is 2.16. The number of ether oxygens (including phenoxy) is 1. The van der Waals surface area contributed by atoms with E-state index in [0.29, 0.717) is 12.2 Å². The van der Waals surface area contributed by atoms with E-state index in [9.17, 15) is 8.78 Å². The predicted molar refractivity (Wildman–Crippen MR) is 74.7 cm³/mol. The summed E-state index contributed by atoms with van der Waals surface area (Å²) in [5.74, 6) is -0.459. The average Bonchev–Trinajstić information content (AvgIpc) is 2.43. The van der Waals surface area contributed by atoms with Gasteiger partial charge < -0.3 is 10.5 Å². The minimum Gasteiger partial charge on any atom is -0.494 e. The molecule has 0 saturated heterocycles. The zero-order valence-corrected chi connectivity index (χ0v) is 11.5. The topological polar surface area (TPSA) is 35.2 Å². The molecule has 2 nitrogen and oxygen atoms in total. The van der Waals surface area contributed by atoms with Gasteiger partial charge in [-0.15, -0.1) is 0 Å². The second-order valence-corrected chi connectivity index (χ2v) is 4.60. The smallest absolute Gasteiger partial charge is 0.131 e. The molecule has 1 unspecified atom stereocenters. The molecule has 2 aromatic rings. The van der Waals surface area contributed by atoms with Crippen molar-refractivity contribution in [2.45, 2.75) is 19.9 Å². The molecule has 2 aromatic carbocycles. The maximum absolute atomic E-state index is 13.8. The van der Waals surface area contributed by atoms with Crippen LogP contribution in [0.25, 0.3) is 0 Å². The van der Waals surface area contributed by atoms with Crippen molar-refractivity contribution >= 4 is 0 Å². The van der Waals surface area contributed by atoms with Crippen LogP contribution in [0.3, 0.4) is 0 Å². The summed E-state index contributed by atoms with van der Waals surface area (Å²) < 4.78 is 32.4. The van der Waals surface area contributed by atoms with E-state index in [-0.39, 0.29) is 5.56 Å². The quantitative estimate of drug-likeness (QED) is 0.924. The highest BCUT2D eigenvalue weighted by Crippen LogP contribution is 2.26. The molecule has 2 rings (SSSR count). The number of rotatable bonds is 4. The van der Waals surface area contributed by atoms with Crippen LogP contribution in [0, 0.1) is 18.6 Å². The van der Waals surface area contributed by atoms with E-state index < -0.39 is 17.7 Å². The van der Waals surface area contributed by atoms with E-state index in [1.807, 2.05) is 6.92 Å². The van der Waals surface area contributed by atoms with Gasteiger partial charge in [0.2, 0.25) is 0 Å². The Bertz CT molecular complexity index is 596. The van der Waals surface area contributed by atoms with E-state index in [1.165, 1.54) is 6.07 Å². The molecule has 0 saturated carbocycles.